The van der Waals surface area contributed by atoms with Gasteiger partial charge < -0.3 is 48.5 Å². The van der Waals surface area contributed by atoms with Crippen molar-refractivity contribution in [3.05, 3.63) is 59.4 Å². The number of rotatable bonds is 11. The van der Waals surface area contributed by atoms with E-state index in [1.54, 1.807) is 13.2 Å². The number of fused-ring (bicyclic) bond motifs is 1. The van der Waals surface area contributed by atoms with Crippen LogP contribution in [0.4, 0.5) is 4.79 Å². The molecule has 4 N–H and O–H groups in total. The number of aliphatic hydroxyl groups excluding tert-OH is 3. The molecular weight excluding hydrogens is 528 g/mol. The molecule has 12 heteroatoms. The number of methoxy groups -OCH3 is 1. The van der Waals surface area contributed by atoms with E-state index < -0.39 is 49.3 Å². The SMILES string of the molecule is COCCOC(=O)OC[C@H]1O[C@@H](Oc2cc(C)cc(O)c2C(=O)CCc2ccc3occc3c2)[C@H](O)[C@@H](O)[C@@H]1O. The van der Waals surface area contributed by atoms with Crippen molar-refractivity contribution in [1.29, 1.82) is 0 Å². The van der Waals surface area contributed by atoms with Crippen molar-refractivity contribution in [1.82, 2.24) is 0 Å². The van der Waals surface area contributed by atoms with E-state index in [9.17, 15) is 30.0 Å². The summed E-state index contributed by atoms with van der Waals surface area (Å²) in [4.78, 5) is 25.0. The van der Waals surface area contributed by atoms with Gasteiger partial charge in [-0.2, -0.15) is 0 Å². The Morgan fingerprint density at radius 3 is 2.55 bits per heavy atom. The number of aryl methyl sites for hydroxylation is 2. The predicted molar refractivity (Wildman–Crippen MR) is 138 cm³/mol. The van der Waals surface area contributed by atoms with Gasteiger partial charge in [0.25, 0.3) is 0 Å². The number of hydrogen-bond donors (Lipinski definition) is 4. The van der Waals surface area contributed by atoms with Crippen LogP contribution in [-0.2, 0) is 25.4 Å². The Bertz CT molecular complexity index is 1320. The maximum Gasteiger partial charge on any atom is 0.508 e. The van der Waals surface area contributed by atoms with Crippen LogP contribution in [0.25, 0.3) is 11.0 Å². The number of phenolic OH excluding ortho intramolecular Hbond substituents is 1. The van der Waals surface area contributed by atoms with E-state index in [2.05, 4.69) is 0 Å². The van der Waals surface area contributed by atoms with E-state index in [0.717, 1.165) is 16.5 Å². The summed E-state index contributed by atoms with van der Waals surface area (Å²) in [5.41, 5.74) is 2.05. The maximum absolute atomic E-state index is 13.2. The molecule has 5 atom stereocenters. The number of ketones is 1. The average molecular weight is 561 g/mol. The van der Waals surface area contributed by atoms with Gasteiger partial charge in [-0.15, -0.1) is 0 Å². The first kappa shape index (κ1) is 29.3. The largest absolute Gasteiger partial charge is 0.508 e. The van der Waals surface area contributed by atoms with E-state index in [4.69, 9.17) is 28.1 Å². The minimum atomic E-state index is -1.73. The number of Topliss-reactive ketones (excluding diaryl/α,β-unsaturated/α-hetero) is 1. The lowest BCUT2D eigenvalue weighted by atomic mass is 9.98. The smallest absolute Gasteiger partial charge is 0.507 e. The molecule has 0 spiro atoms. The standard InChI is InChI=1S/C28H32O12/c1-15-11-19(30)23(18(29)5-3-16-4-6-20-17(13-16)7-8-36-20)21(12-15)39-27-26(33)25(32)24(31)22(40-27)14-38-28(34)37-10-9-35-2/h4,6-8,11-13,22,24-27,30-33H,3,5,9-10,14H2,1-2H3/t22-,24-,25+,26-,27-/m1/s1. The van der Waals surface area contributed by atoms with Crippen LogP contribution in [0.2, 0.25) is 0 Å². The highest BCUT2D eigenvalue weighted by molar-refractivity contribution is 6.01. The highest BCUT2D eigenvalue weighted by atomic mass is 16.7. The van der Waals surface area contributed by atoms with Gasteiger partial charge in [-0.25, -0.2) is 4.79 Å². The van der Waals surface area contributed by atoms with Crippen LogP contribution in [0, 0.1) is 6.92 Å². The number of phenols is 1. The second kappa shape index (κ2) is 13.1. The monoisotopic (exact) mass is 560 g/mol. The Morgan fingerprint density at radius 1 is 0.975 bits per heavy atom. The number of ether oxygens (including phenoxy) is 5. The summed E-state index contributed by atoms with van der Waals surface area (Å²) in [6, 6.07) is 10.3. The first-order valence-electron chi connectivity index (χ1n) is 12.7. The summed E-state index contributed by atoms with van der Waals surface area (Å²) in [7, 11) is 1.43. The van der Waals surface area contributed by atoms with Crippen molar-refractivity contribution in [2.24, 2.45) is 0 Å². The van der Waals surface area contributed by atoms with Crippen LogP contribution in [0.1, 0.15) is 27.9 Å². The van der Waals surface area contributed by atoms with Crippen LogP contribution < -0.4 is 4.74 Å². The molecule has 40 heavy (non-hydrogen) atoms. The first-order valence-corrected chi connectivity index (χ1v) is 12.7. The summed E-state index contributed by atoms with van der Waals surface area (Å²) in [6.07, 6.45) is -7.01. The minimum Gasteiger partial charge on any atom is -0.507 e. The molecule has 2 aromatic carbocycles. The van der Waals surface area contributed by atoms with Crippen molar-refractivity contribution in [3.8, 4) is 11.5 Å². The Labute approximate surface area is 229 Å². The normalized spacial score (nSPS) is 22.7. The molecule has 1 fully saturated rings. The van der Waals surface area contributed by atoms with Gasteiger partial charge in [0, 0.05) is 18.9 Å². The van der Waals surface area contributed by atoms with Crippen molar-refractivity contribution in [2.45, 2.75) is 50.5 Å². The predicted octanol–water partition coefficient (Wildman–Crippen LogP) is 2.25. The van der Waals surface area contributed by atoms with Crippen molar-refractivity contribution < 1.29 is 58.1 Å². The first-order chi connectivity index (χ1) is 19.2. The number of carbonyl (C=O) groups excluding carboxylic acids is 2. The highest BCUT2D eigenvalue weighted by Crippen LogP contribution is 2.34. The molecule has 0 amide bonds. The van der Waals surface area contributed by atoms with Gasteiger partial charge in [-0.3, -0.25) is 4.79 Å². The van der Waals surface area contributed by atoms with Gasteiger partial charge in [-0.05, 0) is 54.8 Å². The fourth-order valence-electron chi connectivity index (χ4n) is 4.34. The van der Waals surface area contributed by atoms with Crippen LogP contribution in [0.5, 0.6) is 11.5 Å². The number of carbonyl (C=O) groups is 2. The molecule has 0 aliphatic carbocycles. The van der Waals surface area contributed by atoms with E-state index in [0.29, 0.717) is 12.0 Å². The minimum absolute atomic E-state index is 0.0351. The van der Waals surface area contributed by atoms with Crippen molar-refractivity contribution in [3.63, 3.8) is 0 Å². The highest BCUT2D eigenvalue weighted by Gasteiger charge is 2.46. The van der Waals surface area contributed by atoms with E-state index in [1.165, 1.54) is 19.2 Å². The van der Waals surface area contributed by atoms with Gasteiger partial charge in [-0.1, -0.05) is 6.07 Å². The molecule has 1 aromatic heterocycles. The average Bonchev–Trinajstić information content (AvgIpc) is 3.39. The van der Waals surface area contributed by atoms with Gasteiger partial charge in [0.1, 0.15) is 60.3 Å². The second-order valence-corrected chi connectivity index (χ2v) is 9.41. The van der Waals surface area contributed by atoms with Crippen LogP contribution in [0.3, 0.4) is 0 Å². The third-order valence-corrected chi connectivity index (χ3v) is 6.45. The van der Waals surface area contributed by atoms with Gasteiger partial charge in [0.05, 0.1) is 12.9 Å². The molecule has 0 radical (unpaired) electrons. The van der Waals surface area contributed by atoms with E-state index >= 15 is 0 Å². The van der Waals surface area contributed by atoms with Crippen molar-refractivity contribution >= 4 is 22.9 Å². The molecule has 1 aliphatic heterocycles. The summed E-state index contributed by atoms with van der Waals surface area (Å²) < 4.78 is 31.2. The van der Waals surface area contributed by atoms with Crippen LogP contribution in [-0.4, -0.2) is 90.0 Å². The second-order valence-electron chi connectivity index (χ2n) is 9.41. The fraction of sp³-hybridized carbons (Fsp3) is 0.429. The van der Waals surface area contributed by atoms with Crippen LogP contribution in [0.15, 0.2) is 47.1 Å². The number of furan rings is 1. The summed E-state index contributed by atoms with van der Waals surface area (Å²) in [5.74, 6) is -0.835. The molecule has 0 saturated carbocycles. The Hall–Kier alpha value is -3.68. The fourth-order valence-corrected chi connectivity index (χ4v) is 4.34. The topological polar surface area (TPSA) is 174 Å². The number of aliphatic hydroxyl groups is 3. The van der Waals surface area contributed by atoms with Gasteiger partial charge in [0.15, 0.2) is 5.78 Å². The van der Waals surface area contributed by atoms with Crippen molar-refractivity contribution in [2.75, 3.05) is 26.9 Å². The molecule has 3 aromatic rings. The molecule has 0 bridgehead atoms. The Morgan fingerprint density at radius 2 is 1.77 bits per heavy atom. The Balaban J connectivity index is 1.46. The lowest BCUT2D eigenvalue weighted by molar-refractivity contribution is -0.277. The lowest BCUT2D eigenvalue weighted by Crippen LogP contribution is -2.60. The van der Waals surface area contributed by atoms with E-state index in [1.807, 2.05) is 24.3 Å². The molecule has 12 nitrogen and oxygen atoms in total. The van der Waals surface area contributed by atoms with Gasteiger partial charge >= 0.3 is 6.16 Å². The maximum atomic E-state index is 13.2. The Kier molecular flexibility index (Phi) is 9.61. The molecule has 1 aliphatic rings. The summed E-state index contributed by atoms with van der Waals surface area (Å²) >= 11 is 0. The third-order valence-electron chi connectivity index (χ3n) is 6.45. The summed E-state index contributed by atoms with van der Waals surface area (Å²) in [5, 5.41) is 42.8. The molecular formula is C28H32O12. The zero-order valence-electron chi connectivity index (χ0n) is 22.0. The number of benzene rings is 2. The molecule has 2 heterocycles. The van der Waals surface area contributed by atoms with Gasteiger partial charge in [0.2, 0.25) is 6.29 Å². The number of hydrogen-bond acceptors (Lipinski definition) is 12. The zero-order valence-corrected chi connectivity index (χ0v) is 22.0. The van der Waals surface area contributed by atoms with Crippen LogP contribution >= 0.6 is 0 Å². The quantitative estimate of drug-likeness (QED) is 0.153. The summed E-state index contributed by atoms with van der Waals surface area (Å²) in [6.45, 7) is 1.25. The molecule has 0 unspecified atom stereocenters. The molecule has 216 valence electrons. The molecule has 4 rings (SSSR count). The zero-order chi connectivity index (χ0) is 28.8. The van der Waals surface area contributed by atoms with E-state index in [-0.39, 0.29) is 36.7 Å². The number of aromatic hydroxyl groups is 1. The third kappa shape index (κ3) is 6.90. The lowest BCUT2D eigenvalue weighted by Gasteiger charge is -2.40. The molecule has 1 saturated heterocycles.